The Hall–Kier alpha value is -5.33. The molecule has 1 fully saturated rings. The Morgan fingerprint density at radius 3 is 2.60 bits per heavy atom. The van der Waals surface area contributed by atoms with E-state index in [4.69, 9.17) is 10.5 Å². The van der Waals surface area contributed by atoms with E-state index in [1.807, 2.05) is 4.90 Å². The minimum atomic E-state index is -0.809. The molecular formula is C29H25F2N9O2. The number of nitrogens with two attached hydrogens (primary N) is 1. The molecule has 6 rings (SSSR count). The van der Waals surface area contributed by atoms with Crippen molar-refractivity contribution < 1.29 is 18.3 Å². The third kappa shape index (κ3) is 5.00. The summed E-state index contributed by atoms with van der Waals surface area (Å²) in [6.07, 6.45) is 6.21. The third-order valence-electron chi connectivity index (χ3n) is 6.96. The first-order chi connectivity index (χ1) is 20.3. The molecule has 0 saturated carbocycles. The molecule has 1 aliphatic rings. The zero-order chi connectivity index (χ0) is 29.4. The first kappa shape index (κ1) is 26.9. The van der Waals surface area contributed by atoms with Crippen LogP contribution in [0, 0.1) is 18.6 Å². The molecule has 11 nitrogen and oxygen atoms in total. The lowest BCUT2D eigenvalue weighted by Gasteiger charge is -2.35. The van der Waals surface area contributed by atoms with E-state index >= 15 is 4.39 Å². The molecule has 4 aromatic heterocycles. The SMILES string of the molecule is COc1nc(N2CCN(C(=O)/C=C/c3ccnc(C)n3)CC2)c2cnc(-c3nc(N)cc4cccc(F)c34)c(F)c2n1. The van der Waals surface area contributed by atoms with Gasteiger partial charge >= 0.3 is 6.01 Å². The standard InChI is InChI=1S/C29H25F2N9O2/c1-16-33-9-8-18(35-16)6-7-22(41)39-10-12-40(13-11-39)28-19-15-34-27(24(31)25(19)37-29(38-28)42-2)26-23-17(14-21(32)36-26)4-3-5-20(23)30/h3-9,14-15H,10-13H2,1-2H3,(H2,32,36)/b7-6+. The topological polar surface area (TPSA) is 136 Å². The highest BCUT2D eigenvalue weighted by Gasteiger charge is 2.26. The fourth-order valence-corrected chi connectivity index (χ4v) is 4.95. The third-order valence-corrected chi connectivity index (χ3v) is 6.96. The van der Waals surface area contributed by atoms with E-state index in [1.165, 1.54) is 37.6 Å². The number of aromatic nitrogens is 6. The first-order valence-electron chi connectivity index (χ1n) is 13.1. The number of rotatable bonds is 5. The average Bonchev–Trinajstić information content (AvgIpc) is 2.99. The maximum Gasteiger partial charge on any atom is 0.318 e. The van der Waals surface area contributed by atoms with Gasteiger partial charge in [-0.25, -0.2) is 23.7 Å². The molecule has 2 N–H and O–H groups in total. The fourth-order valence-electron chi connectivity index (χ4n) is 4.95. The Balaban J connectivity index is 1.31. The van der Waals surface area contributed by atoms with Crippen LogP contribution < -0.4 is 15.4 Å². The van der Waals surface area contributed by atoms with Gasteiger partial charge < -0.3 is 20.3 Å². The fraction of sp³-hybridized carbons (Fsp3) is 0.207. The maximum absolute atomic E-state index is 16.1. The summed E-state index contributed by atoms with van der Waals surface area (Å²) >= 11 is 0. The minimum Gasteiger partial charge on any atom is -0.467 e. The molecule has 0 spiro atoms. The summed E-state index contributed by atoms with van der Waals surface area (Å²) in [4.78, 5) is 42.0. The van der Waals surface area contributed by atoms with E-state index in [2.05, 4.69) is 29.9 Å². The number of hydrogen-bond acceptors (Lipinski definition) is 10. The van der Waals surface area contributed by atoms with E-state index in [1.54, 1.807) is 36.2 Å². The molecule has 1 aromatic carbocycles. The Morgan fingerprint density at radius 2 is 1.83 bits per heavy atom. The van der Waals surface area contributed by atoms with Gasteiger partial charge in [0.25, 0.3) is 0 Å². The average molecular weight is 570 g/mol. The Bertz CT molecular complexity index is 1870. The Kier molecular flexibility index (Phi) is 6.98. The van der Waals surface area contributed by atoms with E-state index in [0.29, 0.717) is 54.3 Å². The number of piperazine rings is 1. The van der Waals surface area contributed by atoms with Crippen LogP contribution in [0.15, 0.2) is 48.8 Å². The van der Waals surface area contributed by atoms with E-state index in [0.717, 1.165) is 0 Å². The first-order valence-corrected chi connectivity index (χ1v) is 13.1. The van der Waals surface area contributed by atoms with Crippen molar-refractivity contribution in [2.75, 3.05) is 43.9 Å². The Labute approximate surface area is 238 Å². The lowest BCUT2D eigenvalue weighted by atomic mass is 10.1. The second-order valence-corrected chi connectivity index (χ2v) is 9.63. The number of carbonyl (C=O) groups excluding carboxylic acids is 1. The molecule has 42 heavy (non-hydrogen) atoms. The van der Waals surface area contributed by atoms with Crippen molar-refractivity contribution in [1.29, 1.82) is 0 Å². The largest absolute Gasteiger partial charge is 0.467 e. The van der Waals surface area contributed by atoms with Crippen molar-refractivity contribution in [1.82, 2.24) is 34.8 Å². The van der Waals surface area contributed by atoms with Gasteiger partial charge in [-0.15, -0.1) is 0 Å². The van der Waals surface area contributed by atoms with Crippen molar-refractivity contribution in [3.8, 4) is 17.4 Å². The summed E-state index contributed by atoms with van der Waals surface area (Å²) in [6, 6.07) is 7.66. The van der Waals surface area contributed by atoms with Crippen LogP contribution in [-0.2, 0) is 4.79 Å². The Morgan fingerprint density at radius 1 is 1.02 bits per heavy atom. The molecule has 0 unspecified atom stereocenters. The molecule has 1 amide bonds. The summed E-state index contributed by atoms with van der Waals surface area (Å²) in [6.45, 7) is 3.45. The lowest BCUT2D eigenvalue weighted by Crippen LogP contribution is -2.48. The van der Waals surface area contributed by atoms with Crippen LogP contribution in [0.2, 0.25) is 0 Å². The molecule has 13 heteroatoms. The van der Waals surface area contributed by atoms with Crippen molar-refractivity contribution in [2.24, 2.45) is 0 Å². The number of nitrogen functional groups attached to an aromatic ring is 1. The van der Waals surface area contributed by atoms with Crippen LogP contribution in [0.3, 0.4) is 0 Å². The summed E-state index contributed by atoms with van der Waals surface area (Å²) in [5, 5.41) is 0.905. The number of carbonyl (C=O) groups is 1. The number of aryl methyl sites for hydroxylation is 1. The van der Waals surface area contributed by atoms with Gasteiger partial charge in [0.1, 0.15) is 40.2 Å². The summed E-state index contributed by atoms with van der Waals surface area (Å²) in [5.74, 6) is -0.413. The molecule has 1 aliphatic heterocycles. The van der Waals surface area contributed by atoms with Gasteiger partial charge in [-0.2, -0.15) is 9.97 Å². The number of anilines is 2. The van der Waals surface area contributed by atoms with Crippen LogP contribution in [0.1, 0.15) is 11.5 Å². The second-order valence-electron chi connectivity index (χ2n) is 9.63. The number of methoxy groups -OCH3 is 1. The molecule has 212 valence electrons. The second kappa shape index (κ2) is 10.9. The quantitative estimate of drug-likeness (QED) is 0.313. The van der Waals surface area contributed by atoms with E-state index < -0.39 is 11.6 Å². The number of ether oxygens (including phenoxy) is 1. The normalized spacial score (nSPS) is 13.8. The van der Waals surface area contributed by atoms with Gasteiger partial charge in [0.2, 0.25) is 5.91 Å². The smallest absolute Gasteiger partial charge is 0.318 e. The molecule has 5 heterocycles. The molecule has 0 aliphatic carbocycles. The molecule has 1 saturated heterocycles. The van der Waals surface area contributed by atoms with Crippen LogP contribution >= 0.6 is 0 Å². The molecule has 0 radical (unpaired) electrons. The van der Waals surface area contributed by atoms with Crippen LogP contribution in [0.4, 0.5) is 20.4 Å². The number of amides is 1. The highest BCUT2D eigenvalue weighted by molar-refractivity contribution is 5.99. The van der Waals surface area contributed by atoms with Gasteiger partial charge in [0.15, 0.2) is 5.82 Å². The number of fused-ring (bicyclic) bond motifs is 2. The van der Waals surface area contributed by atoms with Gasteiger partial charge in [-0.3, -0.25) is 9.78 Å². The monoisotopic (exact) mass is 569 g/mol. The maximum atomic E-state index is 16.1. The van der Waals surface area contributed by atoms with Crippen molar-refractivity contribution >= 4 is 45.3 Å². The van der Waals surface area contributed by atoms with Gasteiger partial charge in [-0.1, -0.05) is 12.1 Å². The van der Waals surface area contributed by atoms with Gasteiger partial charge in [-0.05, 0) is 36.6 Å². The number of benzene rings is 1. The number of halogens is 2. The van der Waals surface area contributed by atoms with Crippen LogP contribution in [-0.4, -0.2) is 74.0 Å². The molecule has 5 aromatic rings. The van der Waals surface area contributed by atoms with E-state index in [9.17, 15) is 9.18 Å². The van der Waals surface area contributed by atoms with Gasteiger partial charge in [0.05, 0.1) is 18.2 Å². The van der Waals surface area contributed by atoms with Crippen molar-refractivity contribution in [3.05, 3.63) is 72.0 Å². The molecule has 0 bridgehead atoms. The lowest BCUT2D eigenvalue weighted by molar-refractivity contribution is -0.126. The minimum absolute atomic E-state index is 0.0288. The number of hydrogen-bond donors (Lipinski definition) is 1. The summed E-state index contributed by atoms with van der Waals surface area (Å²) < 4.78 is 36.3. The van der Waals surface area contributed by atoms with E-state index in [-0.39, 0.29) is 40.0 Å². The van der Waals surface area contributed by atoms with Crippen molar-refractivity contribution in [2.45, 2.75) is 6.92 Å². The summed E-state index contributed by atoms with van der Waals surface area (Å²) in [7, 11) is 1.38. The zero-order valence-corrected chi connectivity index (χ0v) is 22.8. The van der Waals surface area contributed by atoms with Gasteiger partial charge in [0, 0.05) is 50.0 Å². The highest BCUT2D eigenvalue weighted by atomic mass is 19.1. The number of nitrogens with zero attached hydrogens (tertiary/aromatic N) is 8. The van der Waals surface area contributed by atoms with Crippen molar-refractivity contribution in [3.63, 3.8) is 0 Å². The summed E-state index contributed by atoms with van der Waals surface area (Å²) in [5.41, 5.74) is 6.32. The van der Waals surface area contributed by atoms with Crippen LogP contribution in [0.25, 0.3) is 39.1 Å². The predicted octanol–water partition coefficient (Wildman–Crippen LogP) is 3.57. The molecule has 0 atom stereocenters. The van der Waals surface area contributed by atoms with Crippen LogP contribution in [0.5, 0.6) is 6.01 Å². The molecular weight excluding hydrogens is 544 g/mol. The predicted molar refractivity (Wildman–Crippen MR) is 154 cm³/mol. The zero-order valence-electron chi connectivity index (χ0n) is 22.8. The number of pyridine rings is 2. The highest BCUT2D eigenvalue weighted by Crippen LogP contribution is 2.35.